The van der Waals surface area contributed by atoms with Crippen molar-refractivity contribution < 1.29 is 19.8 Å². The zero-order valence-electron chi connectivity index (χ0n) is 6.07. The summed E-state index contributed by atoms with van der Waals surface area (Å²) in [5.41, 5.74) is 5.00. The first-order chi connectivity index (χ1) is 4.95. The number of aliphatic carboxylic acids is 2. The average molecular weight is 159 g/mol. The van der Waals surface area contributed by atoms with Crippen molar-refractivity contribution in [2.24, 2.45) is 11.7 Å². The van der Waals surface area contributed by atoms with E-state index >= 15 is 0 Å². The Hall–Kier alpha value is -1.10. The molecule has 0 bridgehead atoms. The summed E-state index contributed by atoms with van der Waals surface area (Å²) in [6.07, 6.45) is -0.162. The molecule has 64 valence electrons. The molecule has 0 aromatic rings. The molecule has 0 aromatic carbocycles. The zero-order chi connectivity index (χ0) is 9.02. The molecule has 0 amide bonds. The van der Waals surface area contributed by atoms with Gasteiger partial charge in [0.15, 0.2) is 0 Å². The Bertz CT molecular complexity index is 150. The number of hydrogen-bond acceptors (Lipinski definition) is 5. The molecule has 5 nitrogen and oxygen atoms in total. The Morgan fingerprint density at radius 1 is 1.36 bits per heavy atom. The fourth-order valence-electron chi connectivity index (χ4n) is 0.573. The second-order valence-corrected chi connectivity index (χ2v) is 2.38. The van der Waals surface area contributed by atoms with Gasteiger partial charge >= 0.3 is 0 Å². The summed E-state index contributed by atoms with van der Waals surface area (Å²) >= 11 is 0. The van der Waals surface area contributed by atoms with Gasteiger partial charge in [0, 0.05) is 12.0 Å². The molecule has 0 rings (SSSR count). The molecule has 0 unspecified atom stereocenters. The van der Waals surface area contributed by atoms with E-state index in [1.54, 1.807) is 0 Å². The van der Waals surface area contributed by atoms with Crippen LogP contribution in [-0.2, 0) is 9.59 Å². The van der Waals surface area contributed by atoms with Crippen molar-refractivity contribution in [3.8, 4) is 0 Å². The molecular weight excluding hydrogens is 150 g/mol. The van der Waals surface area contributed by atoms with Gasteiger partial charge in [-0.05, 0) is 12.3 Å². The van der Waals surface area contributed by atoms with E-state index in [4.69, 9.17) is 5.73 Å². The lowest BCUT2D eigenvalue weighted by atomic mass is 10.0. The Labute approximate surface area is 63.8 Å². The molecule has 0 heterocycles. The second kappa shape index (κ2) is 3.92. The standard InChI is InChI=1S/C6H11NO4/c1-3(5(8)9)2-4(7)6(10)11/h3-4H,2,7H2,1H3,(H,8,9)(H,10,11)/p-2/t3-,4+/m1/s1. The summed E-state index contributed by atoms with van der Waals surface area (Å²) in [5, 5.41) is 20.1. The van der Waals surface area contributed by atoms with Crippen LogP contribution < -0.4 is 15.9 Å². The number of hydrogen-bond donors (Lipinski definition) is 1. The predicted molar refractivity (Wildman–Crippen MR) is 31.8 cm³/mol. The van der Waals surface area contributed by atoms with Crippen LogP contribution >= 0.6 is 0 Å². The summed E-state index contributed by atoms with van der Waals surface area (Å²) in [5.74, 6) is -3.61. The van der Waals surface area contributed by atoms with Gasteiger partial charge in [-0.2, -0.15) is 0 Å². The predicted octanol–water partition coefficient (Wildman–Crippen LogP) is -3.16. The van der Waals surface area contributed by atoms with Crippen molar-refractivity contribution in [2.45, 2.75) is 19.4 Å². The Kier molecular flexibility index (Phi) is 3.53. The van der Waals surface area contributed by atoms with Crippen LogP contribution in [-0.4, -0.2) is 18.0 Å². The highest BCUT2D eigenvalue weighted by molar-refractivity contribution is 5.73. The van der Waals surface area contributed by atoms with Crippen molar-refractivity contribution in [3.63, 3.8) is 0 Å². The molecule has 0 radical (unpaired) electrons. The number of carbonyl (C=O) groups excluding carboxylic acids is 2. The third kappa shape index (κ3) is 3.57. The summed E-state index contributed by atoms with van der Waals surface area (Å²) in [6.45, 7) is 1.33. The van der Waals surface area contributed by atoms with E-state index in [0.29, 0.717) is 0 Å². The quantitative estimate of drug-likeness (QED) is 0.466. The van der Waals surface area contributed by atoms with E-state index in [-0.39, 0.29) is 6.42 Å². The van der Waals surface area contributed by atoms with Crippen molar-refractivity contribution in [1.29, 1.82) is 0 Å². The molecule has 0 saturated heterocycles. The van der Waals surface area contributed by atoms with Crippen LogP contribution in [0.3, 0.4) is 0 Å². The molecule has 2 N–H and O–H groups in total. The van der Waals surface area contributed by atoms with Gasteiger partial charge in [0.25, 0.3) is 0 Å². The number of rotatable bonds is 4. The third-order valence-corrected chi connectivity index (χ3v) is 1.31. The lowest BCUT2D eigenvalue weighted by Crippen LogP contribution is -2.44. The SMILES string of the molecule is C[C@H](C[C@H](N)C(=O)[O-])C(=O)[O-]. The molecule has 0 aromatic heterocycles. The molecule has 0 aliphatic carbocycles. The van der Waals surface area contributed by atoms with Crippen LogP contribution in [0, 0.1) is 5.92 Å². The van der Waals surface area contributed by atoms with Crippen molar-refractivity contribution in [1.82, 2.24) is 0 Å². The normalized spacial score (nSPS) is 15.5. The summed E-state index contributed by atoms with van der Waals surface area (Å²) < 4.78 is 0. The minimum absolute atomic E-state index is 0.162. The molecule has 0 aliphatic rings. The first-order valence-corrected chi connectivity index (χ1v) is 3.12. The van der Waals surface area contributed by atoms with Gasteiger partial charge in [0.1, 0.15) is 0 Å². The van der Waals surface area contributed by atoms with Crippen LogP contribution in [0.1, 0.15) is 13.3 Å². The van der Waals surface area contributed by atoms with Crippen molar-refractivity contribution in [3.05, 3.63) is 0 Å². The van der Waals surface area contributed by atoms with Gasteiger partial charge in [0.2, 0.25) is 0 Å². The lowest BCUT2D eigenvalue weighted by Gasteiger charge is -2.18. The topological polar surface area (TPSA) is 106 Å². The zero-order valence-corrected chi connectivity index (χ0v) is 6.07. The maximum absolute atomic E-state index is 10.1. The maximum atomic E-state index is 10.1. The fourth-order valence-corrected chi connectivity index (χ4v) is 0.573. The summed E-state index contributed by atoms with van der Waals surface area (Å²) in [7, 11) is 0. The third-order valence-electron chi connectivity index (χ3n) is 1.31. The maximum Gasteiger partial charge on any atom is 0.0582 e. The lowest BCUT2D eigenvalue weighted by molar-refractivity contribution is -0.313. The van der Waals surface area contributed by atoms with Crippen LogP contribution in [0.4, 0.5) is 0 Å². The molecule has 11 heavy (non-hydrogen) atoms. The van der Waals surface area contributed by atoms with Gasteiger partial charge in [-0.1, -0.05) is 6.92 Å². The number of carboxylic acid groups (broad SMARTS) is 2. The van der Waals surface area contributed by atoms with Gasteiger partial charge in [-0.25, -0.2) is 0 Å². The second-order valence-electron chi connectivity index (χ2n) is 2.38. The number of carboxylic acids is 2. The van der Waals surface area contributed by atoms with Gasteiger partial charge < -0.3 is 25.5 Å². The van der Waals surface area contributed by atoms with Gasteiger partial charge in [-0.3, -0.25) is 0 Å². The van der Waals surface area contributed by atoms with Gasteiger partial charge in [-0.15, -0.1) is 0 Å². The molecule has 0 aliphatic heterocycles. The first kappa shape index (κ1) is 9.90. The van der Waals surface area contributed by atoms with Crippen LogP contribution in [0.15, 0.2) is 0 Å². The minimum atomic E-state index is -1.45. The molecule has 0 saturated carbocycles. The monoisotopic (exact) mass is 159 g/mol. The molecular formula is C6H9NO4-2. The average Bonchev–Trinajstić information content (AvgIpc) is 1.87. The van der Waals surface area contributed by atoms with Crippen molar-refractivity contribution >= 4 is 11.9 Å². The van der Waals surface area contributed by atoms with E-state index in [0.717, 1.165) is 0 Å². The molecule has 0 spiro atoms. The number of carbonyl (C=O) groups is 2. The fraction of sp³-hybridized carbons (Fsp3) is 0.667. The number of nitrogens with two attached hydrogens (primary N) is 1. The Balaban J connectivity index is 3.84. The van der Waals surface area contributed by atoms with Crippen LogP contribution in [0.25, 0.3) is 0 Å². The molecule has 2 atom stereocenters. The van der Waals surface area contributed by atoms with E-state index in [1.807, 2.05) is 0 Å². The summed E-state index contributed by atoms with van der Waals surface area (Å²) in [4.78, 5) is 20.1. The van der Waals surface area contributed by atoms with E-state index < -0.39 is 23.9 Å². The Morgan fingerprint density at radius 3 is 2.09 bits per heavy atom. The minimum Gasteiger partial charge on any atom is -0.550 e. The highest BCUT2D eigenvalue weighted by Gasteiger charge is 2.09. The van der Waals surface area contributed by atoms with Crippen LogP contribution in [0.2, 0.25) is 0 Å². The largest absolute Gasteiger partial charge is 0.550 e. The van der Waals surface area contributed by atoms with E-state index in [2.05, 4.69) is 0 Å². The van der Waals surface area contributed by atoms with E-state index in [1.165, 1.54) is 6.92 Å². The van der Waals surface area contributed by atoms with Gasteiger partial charge in [0.05, 0.1) is 5.97 Å². The van der Waals surface area contributed by atoms with Crippen LogP contribution in [0.5, 0.6) is 0 Å². The van der Waals surface area contributed by atoms with Crippen molar-refractivity contribution in [2.75, 3.05) is 0 Å². The highest BCUT2D eigenvalue weighted by Crippen LogP contribution is 2.01. The van der Waals surface area contributed by atoms with E-state index in [9.17, 15) is 19.8 Å². The summed E-state index contributed by atoms with van der Waals surface area (Å²) in [6, 6.07) is -1.23. The highest BCUT2D eigenvalue weighted by atomic mass is 16.4. The smallest absolute Gasteiger partial charge is 0.0582 e. The molecule has 5 heteroatoms. The molecule has 0 fully saturated rings. The first-order valence-electron chi connectivity index (χ1n) is 3.12. The Morgan fingerprint density at radius 2 is 1.82 bits per heavy atom.